The fourth-order valence-electron chi connectivity index (χ4n) is 5.75. The van der Waals surface area contributed by atoms with Gasteiger partial charge in [-0.05, 0) is 47.4 Å². The molecule has 220 valence electrons. The highest BCUT2D eigenvalue weighted by atomic mass is 16.7. The number of rotatable bonds is 10. The number of hydrogen-bond donors (Lipinski definition) is 3. The zero-order valence-electron chi connectivity index (χ0n) is 24.6. The first-order chi connectivity index (χ1) is 20.4. The Kier molecular flexibility index (Phi) is 9.85. The van der Waals surface area contributed by atoms with Crippen molar-refractivity contribution in [1.82, 2.24) is 4.90 Å². The highest BCUT2D eigenvalue weighted by Crippen LogP contribution is 2.42. The van der Waals surface area contributed by atoms with Crippen LogP contribution in [0.1, 0.15) is 60.2 Å². The van der Waals surface area contributed by atoms with Crippen molar-refractivity contribution in [3.8, 4) is 11.1 Å². The van der Waals surface area contributed by atoms with Crippen molar-refractivity contribution in [2.75, 3.05) is 13.6 Å². The fraction of sp³-hybridized carbons (Fsp3) is 0.333. The predicted molar refractivity (Wildman–Crippen MR) is 166 cm³/mol. The van der Waals surface area contributed by atoms with Gasteiger partial charge in [0.1, 0.15) is 0 Å². The van der Waals surface area contributed by atoms with Gasteiger partial charge in [0.05, 0.1) is 24.9 Å². The molecule has 4 aromatic carbocycles. The van der Waals surface area contributed by atoms with Crippen LogP contribution in [0.2, 0.25) is 0 Å². The maximum absolute atomic E-state index is 11.1. The lowest BCUT2D eigenvalue weighted by Crippen LogP contribution is -2.46. The summed E-state index contributed by atoms with van der Waals surface area (Å²) in [6.07, 6.45) is -1.54. The van der Waals surface area contributed by atoms with Gasteiger partial charge in [-0.15, -0.1) is 0 Å². The van der Waals surface area contributed by atoms with Crippen molar-refractivity contribution in [3.05, 3.63) is 131 Å². The zero-order valence-corrected chi connectivity index (χ0v) is 24.6. The van der Waals surface area contributed by atoms with Crippen molar-refractivity contribution < 1.29 is 19.7 Å². The molecule has 1 heterocycles. The van der Waals surface area contributed by atoms with Crippen LogP contribution in [-0.4, -0.2) is 40.9 Å². The van der Waals surface area contributed by atoms with Gasteiger partial charge >= 0.3 is 0 Å². The van der Waals surface area contributed by atoms with E-state index in [-0.39, 0.29) is 30.8 Å². The summed E-state index contributed by atoms with van der Waals surface area (Å²) < 4.78 is 13.3. The van der Waals surface area contributed by atoms with E-state index < -0.39 is 12.4 Å². The van der Waals surface area contributed by atoms with Gasteiger partial charge in [-0.1, -0.05) is 110 Å². The Morgan fingerprint density at radius 1 is 0.833 bits per heavy atom. The summed E-state index contributed by atoms with van der Waals surface area (Å²) in [6.45, 7) is 5.31. The molecule has 6 atom stereocenters. The molecule has 4 aromatic rings. The smallest absolute Gasteiger partial charge is 0.184 e. The topological polar surface area (TPSA) is 88.2 Å². The highest BCUT2D eigenvalue weighted by molar-refractivity contribution is 5.67. The second-order valence-electron chi connectivity index (χ2n) is 11.3. The highest BCUT2D eigenvalue weighted by Gasteiger charge is 2.39. The van der Waals surface area contributed by atoms with E-state index in [4.69, 9.17) is 15.2 Å². The number of benzene rings is 4. The quantitative estimate of drug-likeness (QED) is 0.213. The molecule has 5 rings (SSSR count). The number of nitrogens with zero attached hydrogens (tertiary/aromatic N) is 1. The van der Waals surface area contributed by atoms with Crippen molar-refractivity contribution >= 4 is 0 Å². The second kappa shape index (κ2) is 13.7. The number of likely N-dealkylation sites (N-methyl/N-ethyl adjacent to an activating group) is 1. The summed E-state index contributed by atoms with van der Waals surface area (Å²) in [5.41, 5.74) is 13.1. The van der Waals surface area contributed by atoms with Crippen molar-refractivity contribution in [1.29, 1.82) is 0 Å². The van der Waals surface area contributed by atoms with Crippen LogP contribution < -0.4 is 5.73 Å². The Morgan fingerprint density at radius 3 is 2.14 bits per heavy atom. The molecule has 6 unspecified atom stereocenters. The van der Waals surface area contributed by atoms with Gasteiger partial charge in [-0.2, -0.15) is 0 Å². The number of hydrogen-bond acceptors (Lipinski definition) is 6. The van der Waals surface area contributed by atoms with Gasteiger partial charge < -0.3 is 25.4 Å². The fourth-order valence-corrected chi connectivity index (χ4v) is 5.75. The van der Waals surface area contributed by atoms with Gasteiger partial charge in [0.2, 0.25) is 0 Å². The maximum atomic E-state index is 11.1. The third-order valence-corrected chi connectivity index (χ3v) is 8.62. The first-order valence-electron chi connectivity index (χ1n) is 14.7. The molecule has 0 aliphatic carbocycles. The third kappa shape index (κ3) is 6.65. The molecule has 0 radical (unpaired) electrons. The third-order valence-electron chi connectivity index (χ3n) is 8.62. The standard InChI is InChI=1S/C36H42N2O4/c1-24-33(22-38(3)25(2)34(40)28-9-5-4-6-10-28)41-36(42-35(24)29-15-13-26(23-39)14-16-29)30-19-17-27(18-20-30)32-12-8-7-11-31(32)21-37/h4-20,24-25,33-36,39-40H,21-23,37H2,1-3H3. The Bertz CT molecular complexity index is 1410. The average Bonchev–Trinajstić information content (AvgIpc) is 3.05. The Hall–Kier alpha value is -3.36. The Balaban J connectivity index is 1.40. The number of nitrogens with two attached hydrogens (primary N) is 1. The van der Waals surface area contributed by atoms with E-state index in [9.17, 15) is 10.2 Å². The van der Waals surface area contributed by atoms with Crippen LogP contribution in [0, 0.1) is 5.92 Å². The minimum absolute atomic E-state index is 0.00176. The van der Waals surface area contributed by atoms with Crippen LogP contribution in [0.4, 0.5) is 0 Å². The molecule has 1 aliphatic rings. The molecule has 0 aromatic heterocycles. The van der Waals surface area contributed by atoms with E-state index in [0.29, 0.717) is 13.1 Å². The average molecular weight is 567 g/mol. The summed E-state index contributed by atoms with van der Waals surface area (Å²) in [5, 5.41) is 20.6. The molecular weight excluding hydrogens is 524 g/mol. The summed E-state index contributed by atoms with van der Waals surface area (Å²) in [5.74, 6) is 0.0421. The number of ether oxygens (including phenoxy) is 2. The summed E-state index contributed by atoms with van der Waals surface area (Å²) in [7, 11) is 2.03. The van der Waals surface area contributed by atoms with Crippen molar-refractivity contribution in [2.24, 2.45) is 11.7 Å². The van der Waals surface area contributed by atoms with Crippen molar-refractivity contribution in [2.45, 2.75) is 57.6 Å². The maximum Gasteiger partial charge on any atom is 0.184 e. The SMILES string of the molecule is CC1C(CN(C)C(C)C(O)c2ccccc2)OC(c2ccc(-c3ccccc3CN)cc2)OC1c1ccc(CO)cc1. The lowest BCUT2D eigenvalue weighted by atomic mass is 9.89. The molecule has 1 fully saturated rings. The molecule has 0 bridgehead atoms. The van der Waals surface area contributed by atoms with Crippen LogP contribution in [0.5, 0.6) is 0 Å². The minimum Gasteiger partial charge on any atom is -0.392 e. The van der Waals surface area contributed by atoms with Crippen LogP contribution in [0.3, 0.4) is 0 Å². The molecule has 4 N–H and O–H groups in total. The molecule has 1 saturated heterocycles. The molecule has 6 heteroatoms. The lowest BCUT2D eigenvalue weighted by molar-refractivity contribution is -0.276. The summed E-state index contributed by atoms with van der Waals surface area (Å²) in [4.78, 5) is 2.17. The van der Waals surface area contributed by atoms with E-state index >= 15 is 0 Å². The van der Waals surface area contributed by atoms with Gasteiger partial charge in [0.15, 0.2) is 6.29 Å². The lowest BCUT2D eigenvalue weighted by Gasteiger charge is -2.43. The molecule has 0 amide bonds. The van der Waals surface area contributed by atoms with E-state index in [1.807, 2.05) is 80.7 Å². The molecular formula is C36H42N2O4. The van der Waals surface area contributed by atoms with Crippen LogP contribution in [0.25, 0.3) is 11.1 Å². The van der Waals surface area contributed by atoms with Crippen molar-refractivity contribution in [3.63, 3.8) is 0 Å². The van der Waals surface area contributed by atoms with Gasteiger partial charge in [-0.3, -0.25) is 4.90 Å². The zero-order chi connectivity index (χ0) is 29.6. The summed E-state index contributed by atoms with van der Waals surface area (Å²) in [6, 6.07) is 34.1. The first kappa shape index (κ1) is 30.1. The van der Waals surface area contributed by atoms with E-state index in [0.717, 1.165) is 38.9 Å². The van der Waals surface area contributed by atoms with Crippen LogP contribution in [0.15, 0.2) is 103 Å². The summed E-state index contributed by atoms with van der Waals surface area (Å²) >= 11 is 0. The largest absolute Gasteiger partial charge is 0.392 e. The molecule has 6 nitrogen and oxygen atoms in total. The van der Waals surface area contributed by atoms with E-state index in [1.54, 1.807) is 0 Å². The van der Waals surface area contributed by atoms with Gasteiger partial charge in [0, 0.05) is 30.6 Å². The molecule has 42 heavy (non-hydrogen) atoms. The predicted octanol–water partition coefficient (Wildman–Crippen LogP) is 6.15. The second-order valence-corrected chi connectivity index (χ2v) is 11.3. The Morgan fingerprint density at radius 2 is 1.48 bits per heavy atom. The molecule has 0 spiro atoms. The van der Waals surface area contributed by atoms with Gasteiger partial charge in [0.25, 0.3) is 0 Å². The van der Waals surface area contributed by atoms with Crippen LogP contribution >= 0.6 is 0 Å². The number of aliphatic hydroxyl groups is 2. The van der Waals surface area contributed by atoms with E-state index in [1.165, 1.54) is 0 Å². The van der Waals surface area contributed by atoms with Crippen LogP contribution in [-0.2, 0) is 22.6 Å². The monoisotopic (exact) mass is 566 g/mol. The van der Waals surface area contributed by atoms with E-state index in [2.05, 4.69) is 48.2 Å². The molecule has 1 aliphatic heterocycles. The normalized spacial score (nSPS) is 22.2. The first-order valence-corrected chi connectivity index (χ1v) is 14.7. The Labute approximate surface area is 249 Å². The van der Waals surface area contributed by atoms with Gasteiger partial charge in [-0.25, -0.2) is 0 Å². The number of aliphatic hydroxyl groups excluding tert-OH is 2. The minimum atomic E-state index is -0.618. The molecule has 0 saturated carbocycles.